The third kappa shape index (κ3) is 3.18. The lowest BCUT2D eigenvalue weighted by Gasteiger charge is -2.22. The first kappa shape index (κ1) is 16.2. The van der Waals surface area contributed by atoms with E-state index in [2.05, 4.69) is 0 Å². The number of hydrogen-bond acceptors (Lipinski definition) is 3. The molecule has 0 bridgehead atoms. The van der Waals surface area contributed by atoms with Crippen molar-refractivity contribution in [2.45, 2.75) is 12.5 Å². The van der Waals surface area contributed by atoms with Gasteiger partial charge in [-0.3, -0.25) is 0 Å². The molecule has 4 heteroatoms. The lowest BCUT2D eigenvalue weighted by atomic mass is 9.91. The summed E-state index contributed by atoms with van der Waals surface area (Å²) in [5.74, 6) is -0.444. The number of carbonyl (C=O) groups excluding carboxylic acids is 1. The van der Waals surface area contributed by atoms with Gasteiger partial charge in [0, 0.05) is 0 Å². The molecular formula is C16H18ClNO2. The fourth-order valence-electron chi connectivity index (χ4n) is 1.97. The molecule has 0 aliphatic heterocycles. The molecule has 2 aromatic rings. The highest BCUT2D eigenvalue weighted by molar-refractivity contribution is 5.85. The van der Waals surface area contributed by atoms with E-state index in [1.54, 1.807) is 6.92 Å². The molecule has 0 aliphatic rings. The molecule has 0 spiro atoms. The van der Waals surface area contributed by atoms with Crippen LogP contribution in [0.25, 0.3) is 11.1 Å². The van der Waals surface area contributed by atoms with Crippen molar-refractivity contribution in [3.63, 3.8) is 0 Å². The third-order valence-corrected chi connectivity index (χ3v) is 3.20. The Morgan fingerprint density at radius 1 is 1.00 bits per heavy atom. The molecule has 0 aliphatic carbocycles. The molecule has 1 atom stereocenters. The predicted octanol–water partition coefficient (Wildman–Crippen LogP) is 3.12. The highest BCUT2D eigenvalue weighted by atomic mass is 35.5. The number of nitrogens with two attached hydrogens (primary N) is 1. The normalized spacial score (nSPS) is 12.9. The summed E-state index contributed by atoms with van der Waals surface area (Å²) in [6.45, 7) is 1.65. The fraction of sp³-hybridized carbons (Fsp3) is 0.188. The molecule has 0 saturated carbocycles. The maximum atomic E-state index is 11.6. The second kappa shape index (κ2) is 6.55. The Balaban J connectivity index is 0.00000200. The minimum Gasteiger partial charge on any atom is -0.467 e. The van der Waals surface area contributed by atoms with Crippen LogP contribution < -0.4 is 5.73 Å². The molecule has 0 heterocycles. The van der Waals surface area contributed by atoms with E-state index in [4.69, 9.17) is 10.5 Å². The molecule has 2 rings (SSSR count). The summed E-state index contributed by atoms with van der Waals surface area (Å²) in [4.78, 5) is 11.6. The van der Waals surface area contributed by atoms with Crippen LogP contribution in [0.5, 0.6) is 0 Å². The van der Waals surface area contributed by atoms with Crippen LogP contribution in [0.4, 0.5) is 0 Å². The van der Waals surface area contributed by atoms with Crippen LogP contribution >= 0.6 is 12.4 Å². The average molecular weight is 292 g/mol. The monoisotopic (exact) mass is 291 g/mol. The van der Waals surface area contributed by atoms with Crippen LogP contribution in [0, 0.1) is 0 Å². The minimum absolute atomic E-state index is 0. The molecular weight excluding hydrogens is 274 g/mol. The molecule has 2 aromatic carbocycles. The van der Waals surface area contributed by atoms with Gasteiger partial charge in [-0.2, -0.15) is 0 Å². The topological polar surface area (TPSA) is 52.3 Å². The number of methoxy groups -OCH3 is 1. The Kier molecular flexibility index (Phi) is 5.31. The van der Waals surface area contributed by atoms with E-state index in [0.29, 0.717) is 0 Å². The second-order valence-corrected chi connectivity index (χ2v) is 4.64. The van der Waals surface area contributed by atoms with Crippen molar-refractivity contribution < 1.29 is 9.53 Å². The van der Waals surface area contributed by atoms with E-state index in [9.17, 15) is 4.79 Å². The maximum absolute atomic E-state index is 11.6. The molecule has 0 aromatic heterocycles. The number of halogens is 1. The maximum Gasteiger partial charge on any atom is 0.330 e. The van der Waals surface area contributed by atoms with Gasteiger partial charge in [-0.15, -0.1) is 12.4 Å². The summed E-state index contributed by atoms with van der Waals surface area (Å²) in [5, 5.41) is 0. The molecule has 0 radical (unpaired) electrons. The van der Waals surface area contributed by atoms with Crippen molar-refractivity contribution in [2.75, 3.05) is 7.11 Å². The lowest BCUT2D eigenvalue weighted by molar-refractivity contribution is -0.146. The van der Waals surface area contributed by atoms with Gasteiger partial charge in [0.25, 0.3) is 0 Å². The third-order valence-electron chi connectivity index (χ3n) is 3.20. The van der Waals surface area contributed by atoms with E-state index in [1.165, 1.54) is 7.11 Å². The van der Waals surface area contributed by atoms with Gasteiger partial charge < -0.3 is 10.5 Å². The van der Waals surface area contributed by atoms with Crippen LogP contribution in [0.1, 0.15) is 12.5 Å². The number of benzene rings is 2. The largest absolute Gasteiger partial charge is 0.467 e. The van der Waals surface area contributed by atoms with Crippen molar-refractivity contribution >= 4 is 18.4 Å². The number of rotatable bonds is 3. The molecule has 3 nitrogen and oxygen atoms in total. The zero-order chi connectivity index (χ0) is 13.9. The van der Waals surface area contributed by atoms with Crippen molar-refractivity contribution in [3.8, 4) is 11.1 Å². The first-order valence-corrected chi connectivity index (χ1v) is 6.09. The van der Waals surface area contributed by atoms with Gasteiger partial charge in [-0.05, 0) is 23.6 Å². The summed E-state index contributed by atoms with van der Waals surface area (Å²) in [7, 11) is 1.34. The smallest absolute Gasteiger partial charge is 0.330 e. The van der Waals surface area contributed by atoms with Crippen LogP contribution in [-0.4, -0.2) is 13.1 Å². The summed E-state index contributed by atoms with van der Waals surface area (Å²) in [5.41, 5.74) is 7.84. The van der Waals surface area contributed by atoms with Gasteiger partial charge >= 0.3 is 5.97 Å². The summed E-state index contributed by atoms with van der Waals surface area (Å²) >= 11 is 0. The van der Waals surface area contributed by atoms with E-state index < -0.39 is 11.5 Å². The number of hydrogen-bond donors (Lipinski definition) is 1. The van der Waals surface area contributed by atoms with Crippen molar-refractivity contribution in [1.29, 1.82) is 0 Å². The number of esters is 1. The lowest BCUT2D eigenvalue weighted by Crippen LogP contribution is -2.42. The molecule has 106 valence electrons. The zero-order valence-corrected chi connectivity index (χ0v) is 12.3. The summed E-state index contributed by atoms with van der Waals surface area (Å²) < 4.78 is 4.72. The molecule has 0 saturated heterocycles. The van der Waals surface area contributed by atoms with E-state index >= 15 is 0 Å². The Labute approximate surface area is 125 Å². The van der Waals surface area contributed by atoms with Crippen LogP contribution in [0.2, 0.25) is 0 Å². The molecule has 2 N–H and O–H groups in total. The minimum atomic E-state index is -1.12. The first-order valence-electron chi connectivity index (χ1n) is 6.09. The summed E-state index contributed by atoms with van der Waals surface area (Å²) in [6, 6.07) is 17.7. The second-order valence-electron chi connectivity index (χ2n) is 4.64. The Bertz CT molecular complexity index is 565. The van der Waals surface area contributed by atoms with Crippen LogP contribution in [-0.2, 0) is 15.1 Å². The van der Waals surface area contributed by atoms with E-state index in [-0.39, 0.29) is 12.4 Å². The number of carbonyl (C=O) groups is 1. The molecule has 20 heavy (non-hydrogen) atoms. The van der Waals surface area contributed by atoms with Gasteiger partial charge in [-0.1, -0.05) is 54.6 Å². The van der Waals surface area contributed by atoms with Gasteiger partial charge in [0.15, 0.2) is 0 Å². The standard InChI is InChI=1S/C16H17NO2.ClH/c1-16(17,15(18)19-2)14-10-8-13(9-11-14)12-6-4-3-5-7-12;/h3-11H,17H2,1-2H3;1H/t16-;/m1./s1. The van der Waals surface area contributed by atoms with E-state index in [0.717, 1.165) is 16.7 Å². The van der Waals surface area contributed by atoms with Crippen molar-refractivity contribution in [1.82, 2.24) is 0 Å². The van der Waals surface area contributed by atoms with Crippen molar-refractivity contribution in [2.24, 2.45) is 5.73 Å². The zero-order valence-electron chi connectivity index (χ0n) is 11.5. The molecule has 0 unspecified atom stereocenters. The summed E-state index contributed by atoms with van der Waals surface area (Å²) in [6.07, 6.45) is 0. The van der Waals surface area contributed by atoms with Crippen LogP contribution in [0.3, 0.4) is 0 Å². The molecule has 0 fully saturated rings. The highest BCUT2D eigenvalue weighted by Gasteiger charge is 2.31. The van der Waals surface area contributed by atoms with Crippen LogP contribution in [0.15, 0.2) is 54.6 Å². The Hall–Kier alpha value is -1.84. The Morgan fingerprint density at radius 3 is 2.00 bits per heavy atom. The fourth-order valence-corrected chi connectivity index (χ4v) is 1.97. The highest BCUT2D eigenvalue weighted by Crippen LogP contribution is 2.24. The van der Waals surface area contributed by atoms with Crippen molar-refractivity contribution in [3.05, 3.63) is 60.2 Å². The predicted molar refractivity (Wildman–Crippen MR) is 82.7 cm³/mol. The van der Waals surface area contributed by atoms with Gasteiger partial charge in [0.1, 0.15) is 5.54 Å². The molecule has 0 amide bonds. The quantitative estimate of drug-likeness (QED) is 0.884. The van der Waals surface area contributed by atoms with Gasteiger partial charge in [0.2, 0.25) is 0 Å². The Morgan fingerprint density at radius 2 is 1.50 bits per heavy atom. The first-order chi connectivity index (χ1) is 9.05. The van der Waals surface area contributed by atoms with Gasteiger partial charge in [-0.25, -0.2) is 4.79 Å². The van der Waals surface area contributed by atoms with Gasteiger partial charge in [0.05, 0.1) is 7.11 Å². The number of ether oxygens (including phenoxy) is 1. The van der Waals surface area contributed by atoms with E-state index in [1.807, 2.05) is 54.6 Å². The SMILES string of the molecule is COC(=O)[C@](C)(N)c1ccc(-c2ccccc2)cc1.Cl. The average Bonchev–Trinajstić information content (AvgIpc) is 2.47.